The molecule has 0 aromatic heterocycles. The number of aromatic carboxylic acids is 1. The predicted molar refractivity (Wildman–Crippen MR) is 124 cm³/mol. The Kier molecular flexibility index (Phi) is 8.14. The molecule has 3 rings (SSSR count). The van der Waals surface area contributed by atoms with Gasteiger partial charge in [-0.3, -0.25) is 10.6 Å². The predicted octanol–water partition coefficient (Wildman–Crippen LogP) is 3.29. The van der Waals surface area contributed by atoms with Crippen molar-refractivity contribution in [3.63, 3.8) is 0 Å². The normalized spacial score (nSPS) is 13.5. The molecule has 32 heavy (non-hydrogen) atoms. The molecule has 0 aliphatic carbocycles. The molecule has 0 aliphatic heterocycles. The van der Waals surface area contributed by atoms with E-state index < -0.39 is 23.8 Å². The van der Waals surface area contributed by atoms with E-state index in [0.717, 1.165) is 16.7 Å². The van der Waals surface area contributed by atoms with Gasteiger partial charge in [-0.1, -0.05) is 72.8 Å². The van der Waals surface area contributed by atoms with E-state index in [1.54, 1.807) is 24.3 Å². The molecule has 0 amide bonds. The lowest BCUT2D eigenvalue weighted by Crippen LogP contribution is -2.58. The van der Waals surface area contributed by atoms with Crippen LogP contribution in [-0.4, -0.2) is 40.0 Å². The van der Waals surface area contributed by atoms with Crippen LogP contribution in [0.4, 0.5) is 0 Å². The zero-order valence-electron chi connectivity index (χ0n) is 18.1. The number of carboxylic acid groups (broad SMARTS) is 1. The fraction of sp³-hybridized carbons (Fsp3) is 0.269. The molecular weight excluding hydrogens is 404 g/mol. The number of aliphatic hydroxyl groups is 2. The van der Waals surface area contributed by atoms with Crippen molar-refractivity contribution in [3.8, 4) is 0 Å². The SMILES string of the molecule is CC(Cc1ccc(C(=O)O)cc1)(NC[C@H](O)c1ccccc1)NC[C@H](O)c1ccccc1. The Morgan fingerprint density at radius 2 is 1.22 bits per heavy atom. The van der Waals surface area contributed by atoms with Crippen LogP contribution in [0.5, 0.6) is 0 Å². The van der Waals surface area contributed by atoms with Crippen molar-refractivity contribution in [3.05, 3.63) is 107 Å². The number of benzene rings is 3. The fourth-order valence-electron chi connectivity index (χ4n) is 3.59. The number of hydrogen-bond acceptors (Lipinski definition) is 5. The van der Waals surface area contributed by atoms with Crippen LogP contribution in [0.2, 0.25) is 0 Å². The van der Waals surface area contributed by atoms with Gasteiger partial charge in [-0.2, -0.15) is 0 Å². The van der Waals surface area contributed by atoms with Crippen LogP contribution in [0, 0.1) is 0 Å². The van der Waals surface area contributed by atoms with Crippen LogP contribution >= 0.6 is 0 Å². The average Bonchev–Trinajstić information content (AvgIpc) is 2.82. The summed E-state index contributed by atoms with van der Waals surface area (Å²) in [7, 11) is 0. The minimum atomic E-state index is -0.965. The molecule has 0 heterocycles. The third-order valence-corrected chi connectivity index (χ3v) is 5.50. The van der Waals surface area contributed by atoms with E-state index in [2.05, 4.69) is 10.6 Å². The van der Waals surface area contributed by atoms with E-state index in [0.29, 0.717) is 19.5 Å². The Hall–Kier alpha value is -3.03. The Balaban J connectivity index is 1.71. The summed E-state index contributed by atoms with van der Waals surface area (Å²) in [5, 5.41) is 37.1. The van der Waals surface area contributed by atoms with Crippen LogP contribution in [0.25, 0.3) is 0 Å². The summed E-state index contributed by atoms with van der Waals surface area (Å²) in [4.78, 5) is 11.1. The lowest BCUT2D eigenvalue weighted by molar-refractivity contribution is 0.0697. The Bertz CT molecular complexity index is 928. The third-order valence-electron chi connectivity index (χ3n) is 5.50. The lowest BCUT2D eigenvalue weighted by Gasteiger charge is -2.34. The highest BCUT2D eigenvalue weighted by Gasteiger charge is 2.26. The molecular formula is C26H30N2O4. The van der Waals surface area contributed by atoms with Gasteiger partial charge in [-0.15, -0.1) is 0 Å². The zero-order valence-corrected chi connectivity index (χ0v) is 18.1. The second-order valence-corrected chi connectivity index (χ2v) is 8.13. The second-order valence-electron chi connectivity index (χ2n) is 8.13. The van der Waals surface area contributed by atoms with Gasteiger partial charge >= 0.3 is 5.97 Å². The summed E-state index contributed by atoms with van der Waals surface area (Å²) < 4.78 is 0. The molecule has 0 unspecified atom stereocenters. The molecule has 5 N–H and O–H groups in total. The smallest absolute Gasteiger partial charge is 0.335 e. The standard InChI is InChI=1S/C26H30N2O4/c1-26(16-19-12-14-22(15-13-19)25(31)32,27-17-23(29)20-8-4-2-5-9-20)28-18-24(30)21-10-6-3-7-11-21/h2-15,23-24,27-30H,16-18H2,1H3,(H,31,32)/t23-,24-/m0/s1. The van der Waals surface area contributed by atoms with Crippen LogP contribution in [0.15, 0.2) is 84.9 Å². The van der Waals surface area contributed by atoms with Crippen molar-refractivity contribution >= 4 is 5.97 Å². The Morgan fingerprint density at radius 3 is 1.62 bits per heavy atom. The molecule has 0 bridgehead atoms. The van der Waals surface area contributed by atoms with Gasteiger partial charge in [-0.05, 0) is 35.7 Å². The van der Waals surface area contributed by atoms with Gasteiger partial charge in [0.1, 0.15) is 0 Å². The molecule has 3 aromatic carbocycles. The van der Waals surface area contributed by atoms with Crippen LogP contribution in [0.1, 0.15) is 46.2 Å². The summed E-state index contributed by atoms with van der Waals surface area (Å²) in [6, 6.07) is 25.6. The second kappa shape index (κ2) is 11.0. The molecule has 3 aromatic rings. The highest BCUT2D eigenvalue weighted by Crippen LogP contribution is 2.18. The molecule has 0 spiro atoms. The van der Waals surface area contributed by atoms with Crippen molar-refractivity contribution < 1.29 is 20.1 Å². The monoisotopic (exact) mass is 434 g/mol. The molecule has 0 fully saturated rings. The van der Waals surface area contributed by atoms with Crippen molar-refractivity contribution in [2.45, 2.75) is 31.2 Å². The molecule has 0 radical (unpaired) electrons. The first-order chi connectivity index (χ1) is 15.4. The van der Waals surface area contributed by atoms with Crippen LogP contribution in [-0.2, 0) is 6.42 Å². The number of carboxylic acids is 1. The summed E-state index contributed by atoms with van der Waals surface area (Å²) in [6.07, 6.45) is -0.854. The maximum Gasteiger partial charge on any atom is 0.335 e. The summed E-state index contributed by atoms with van der Waals surface area (Å²) in [5.41, 5.74) is 2.14. The van der Waals surface area contributed by atoms with Gasteiger partial charge in [0.05, 0.1) is 23.4 Å². The molecule has 6 heteroatoms. The molecule has 6 nitrogen and oxygen atoms in total. The van der Waals surface area contributed by atoms with Gasteiger partial charge in [0.15, 0.2) is 0 Å². The van der Waals surface area contributed by atoms with Crippen molar-refractivity contribution in [2.75, 3.05) is 13.1 Å². The van der Waals surface area contributed by atoms with Crippen LogP contribution in [0.3, 0.4) is 0 Å². The summed E-state index contributed by atoms with van der Waals surface area (Å²) in [5.74, 6) is -0.965. The van der Waals surface area contributed by atoms with Crippen molar-refractivity contribution in [1.82, 2.24) is 10.6 Å². The minimum Gasteiger partial charge on any atom is -0.478 e. The highest BCUT2D eigenvalue weighted by atomic mass is 16.4. The summed E-state index contributed by atoms with van der Waals surface area (Å²) >= 11 is 0. The van der Waals surface area contributed by atoms with Crippen LogP contribution < -0.4 is 10.6 Å². The quantitative estimate of drug-likeness (QED) is 0.297. The molecule has 0 aliphatic rings. The van der Waals surface area contributed by atoms with Gasteiger partial charge < -0.3 is 15.3 Å². The fourth-order valence-corrected chi connectivity index (χ4v) is 3.59. The average molecular weight is 435 g/mol. The van der Waals surface area contributed by atoms with E-state index in [-0.39, 0.29) is 5.56 Å². The first-order valence-corrected chi connectivity index (χ1v) is 10.6. The lowest BCUT2D eigenvalue weighted by atomic mass is 9.98. The Morgan fingerprint density at radius 1 is 0.781 bits per heavy atom. The van der Waals surface area contributed by atoms with Gasteiger partial charge in [0, 0.05) is 19.5 Å². The van der Waals surface area contributed by atoms with E-state index in [1.165, 1.54) is 0 Å². The molecule has 2 atom stereocenters. The largest absolute Gasteiger partial charge is 0.478 e. The number of hydrogen-bond donors (Lipinski definition) is 5. The maximum atomic E-state index is 11.1. The highest BCUT2D eigenvalue weighted by molar-refractivity contribution is 5.87. The first-order valence-electron chi connectivity index (χ1n) is 10.6. The topological polar surface area (TPSA) is 102 Å². The van der Waals surface area contributed by atoms with Crippen molar-refractivity contribution in [2.24, 2.45) is 0 Å². The van der Waals surface area contributed by atoms with E-state index in [1.807, 2.05) is 67.6 Å². The minimum absolute atomic E-state index is 0.232. The molecule has 0 saturated heterocycles. The third kappa shape index (κ3) is 6.73. The van der Waals surface area contributed by atoms with Gasteiger partial charge in [0.25, 0.3) is 0 Å². The number of aliphatic hydroxyl groups excluding tert-OH is 2. The van der Waals surface area contributed by atoms with Gasteiger partial charge in [-0.25, -0.2) is 4.79 Å². The Labute approximate surface area is 188 Å². The zero-order chi connectivity index (χ0) is 23.0. The summed E-state index contributed by atoms with van der Waals surface area (Å²) in [6.45, 7) is 2.58. The van der Waals surface area contributed by atoms with E-state index >= 15 is 0 Å². The van der Waals surface area contributed by atoms with E-state index in [9.17, 15) is 15.0 Å². The maximum absolute atomic E-state index is 11.1. The van der Waals surface area contributed by atoms with E-state index in [4.69, 9.17) is 5.11 Å². The molecule has 168 valence electrons. The molecule has 0 saturated carbocycles. The number of rotatable bonds is 11. The first kappa shape index (κ1) is 23.6. The van der Waals surface area contributed by atoms with Crippen molar-refractivity contribution in [1.29, 1.82) is 0 Å². The number of nitrogens with one attached hydrogen (secondary N) is 2. The van der Waals surface area contributed by atoms with Gasteiger partial charge in [0.2, 0.25) is 0 Å². The number of carbonyl (C=O) groups is 1.